The van der Waals surface area contributed by atoms with Crippen LogP contribution in [0.25, 0.3) is 0 Å². The fourth-order valence-electron chi connectivity index (χ4n) is 3.05. The lowest BCUT2D eigenvalue weighted by Crippen LogP contribution is -2.36. The molecule has 0 radical (unpaired) electrons. The number of rotatable bonds is 4. The van der Waals surface area contributed by atoms with Crippen LogP contribution in [-0.2, 0) is 20.0 Å². The summed E-state index contributed by atoms with van der Waals surface area (Å²) in [6.07, 6.45) is 9.49. The minimum absolute atomic E-state index is 0.540. The number of aromatic nitrogens is 5. The average Bonchev–Trinajstić information content (AvgIpc) is 3.08. The van der Waals surface area contributed by atoms with E-state index in [1.54, 1.807) is 4.68 Å². The summed E-state index contributed by atoms with van der Waals surface area (Å²) in [5.74, 6) is 1.19. The third-order valence-electron chi connectivity index (χ3n) is 3.97. The van der Waals surface area contributed by atoms with E-state index in [2.05, 4.69) is 37.9 Å². The Morgan fingerprint density at radius 2 is 2.30 bits per heavy atom. The minimum Gasteiger partial charge on any atom is -0.331 e. The zero-order valence-corrected chi connectivity index (χ0v) is 12.2. The second kappa shape index (κ2) is 5.75. The fourth-order valence-corrected chi connectivity index (χ4v) is 3.05. The normalized spacial score (nSPS) is 20.4. The van der Waals surface area contributed by atoms with Gasteiger partial charge in [0.25, 0.3) is 0 Å². The zero-order chi connectivity index (χ0) is 13.9. The number of hydrogen-bond acceptors (Lipinski definition) is 4. The van der Waals surface area contributed by atoms with E-state index in [1.807, 2.05) is 19.4 Å². The molecule has 1 saturated heterocycles. The Balaban J connectivity index is 1.67. The van der Waals surface area contributed by atoms with Gasteiger partial charge in [0, 0.05) is 51.2 Å². The third kappa shape index (κ3) is 2.75. The van der Waals surface area contributed by atoms with Gasteiger partial charge in [0.1, 0.15) is 5.82 Å². The molecule has 1 aliphatic rings. The Labute approximate surface area is 119 Å². The molecule has 2 aromatic heterocycles. The molecule has 108 valence electrons. The first-order valence-corrected chi connectivity index (χ1v) is 7.35. The van der Waals surface area contributed by atoms with Crippen LogP contribution in [0.4, 0.5) is 0 Å². The van der Waals surface area contributed by atoms with Gasteiger partial charge in [-0.2, -0.15) is 0 Å². The fraction of sp³-hybridized carbons (Fsp3) is 0.643. The first-order chi connectivity index (χ1) is 9.76. The highest BCUT2D eigenvalue weighted by atomic mass is 15.4. The van der Waals surface area contributed by atoms with Crippen molar-refractivity contribution >= 4 is 0 Å². The molecule has 0 aromatic carbocycles. The molecular weight excluding hydrogens is 252 g/mol. The van der Waals surface area contributed by atoms with E-state index in [-0.39, 0.29) is 0 Å². The van der Waals surface area contributed by atoms with Crippen molar-refractivity contribution in [2.24, 2.45) is 7.05 Å². The summed E-state index contributed by atoms with van der Waals surface area (Å²) in [5.41, 5.74) is 1.05. The lowest BCUT2D eigenvalue weighted by atomic mass is 10.1. The minimum atomic E-state index is 0.540. The summed E-state index contributed by atoms with van der Waals surface area (Å²) in [4.78, 5) is 6.91. The summed E-state index contributed by atoms with van der Waals surface area (Å²) in [7, 11) is 1.91. The monoisotopic (exact) mass is 274 g/mol. The van der Waals surface area contributed by atoms with Crippen LogP contribution in [-0.4, -0.2) is 42.5 Å². The molecule has 6 nitrogen and oxygen atoms in total. The van der Waals surface area contributed by atoms with Gasteiger partial charge in [-0.3, -0.25) is 9.58 Å². The number of nitrogens with zero attached hydrogens (tertiary/aromatic N) is 6. The summed E-state index contributed by atoms with van der Waals surface area (Å²) < 4.78 is 4.12. The van der Waals surface area contributed by atoms with Crippen molar-refractivity contribution in [2.45, 2.75) is 38.8 Å². The summed E-state index contributed by atoms with van der Waals surface area (Å²) in [6.45, 7) is 5.27. The Hall–Kier alpha value is -1.69. The predicted octanol–water partition coefficient (Wildman–Crippen LogP) is 1.41. The van der Waals surface area contributed by atoms with Crippen molar-refractivity contribution in [3.8, 4) is 0 Å². The first-order valence-electron chi connectivity index (χ1n) is 7.35. The van der Waals surface area contributed by atoms with E-state index < -0.39 is 0 Å². The Kier molecular flexibility index (Phi) is 3.82. The zero-order valence-electron chi connectivity index (χ0n) is 12.2. The first kappa shape index (κ1) is 13.3. The lowest BCUT2D eigenvalue weighted by Gasteiger charge is -2.33. The van der Waals surface area contributed by atoms with E-state index >= 15 is 0 Å². The molecule has 6 heteroatoms. The van der Waals surface area contributed by atoms with Gasteiger partial charge >= 0.3 is 0 Å². The number of hydrogen-bond donors (Lipinski definition) is 0. The van der Waals surface area contributed by atoms with Gasteiger partial charge in [0.2, 0.25) is 0 Å². The van der Waals surface area contributed by atoms with Crippen molar-refractivity contribution < 1.29 is 0 Å². The van der Waals surface area contributed by atoms with E-state index in [0.717, 1.165) is 31.7 Å². The molecule has 1 unspecified atom stereocenters. The van der Waals surface area contributed by atoms with Gasteiger partial charge in [-0.15, -0.1) is 5.10 Å². The van der Waals surface area contributed by atoms with E-state index in [9.17, 15) is 0 Å². The highest BCUT2D eigenvalue weighted by Crippen LogP contribution is 2.23. The van der Waals surface area contributed by atoms with Crippen molar-refractivity contribution in [2.75, 3.05) is 13.1 Å². The maximum absolute atomic E-state index is 4.44. The van der Waals surface area contributed by atoms with Crippen molar-refractivity contribution in [1.29, 1.82) is 0 Å². The maximum atomic E-state index is 4.44. The molecule has 0 aliphatic carbocycles. The van der Waals surface area contributed by atoms with Crippen molar-refractivity contribution in [3.05, 3.63) is 30.1 Å². The molecule has 2 aromatic rings. The van der Waals surface area contributed by atoms with Gasteiger partial charge in [-0.25, -0.2) is 4.98 Å². The maximum Gasteiger partial charge on any atom is 0.108 e. The number of likely N-dealkylation sites (tertiary alicyclic amines) is 1. The Morgan fingerprint density at radius 1 is 1.40 bits per heavy atom. The molecule has 20 heavy (non-hydrogen) atoms. The molecule has 3 rings (SSSR count). The van der Waals surface area contributed by atoms with Gasteiger partial charge in [0.15, 0.2) is 0 Å². The van der Waals surface area contributed by atoms with Crippen LogP contribution < -0.4 is 0 Å². The Bertz CT molecular complexity index is 558. The van der Waals surface area contributed by atoms with Gasteiger partial charge in [-0.05, 0) is 19.4 Å². The van der Waals surface area contributed by atoms with E-state index in [1.165, 1.54) is 18.7 Å². The van der Waals surface area contributed by atoms with Crippen LogP contribution in [0.2, 0.25) is 0 Å². The number of imidazole rings is 1. The molecule has 1 fully saturated rings. The van der Waals surface area contributed by atoms with Gasteiger partial charge in [-0.1, -0.05) is 12.1 Å². The van der Waals surface area contributed by atoms with Crippen LogP contribution in [0.3, 0.4) is 0 Å². The number of piperidine rings is 1. The Morgan fingerprint density at radius 3 is 3.05 bits per heavy atom. The quantitative estimate of drug-likeness (QED) is 0.846. The van der Waals surface area contributed by atoms with Crippen LogP contribution in [0.15, 0.2) is 18.6 Å². The van der Waals surface area contributed by atoms with Crippen molar-refractivity contribution in [1.82, 2.24) is 29.4 Å². The van der Waals surface area contributed by atoms with Crippen LogP contribution in [0.5, 0.6) is 0 Å². The molecule has 3 heterocycles. The highest BCUT2D eigenvalue weighted by molar-refractivity contribution is 4.98. The third-order valence-corrected chi connectivity index (χ3v) is 3.97. The lowest BCUT2D eigenvalue weighted by molar-refractivity contribution is 0.167. The van der Waals surface area contributed by atoms with E-state index in [0.29, 0.717) is 6.04 Å². The topological polar surface area (TPSA) is 51.8 Å². The molecule has 0 saturated carbocycles. The molecule has 0 bridgehead atoms. The molecule has 0 amide bonds. The second-order valence-corrected chi connectivity index (χ2v) is 5.52. The van der Waals surface area contributed by atoms with Crippen LogP contribution in [0.1, 0.15) is 37.3 Å². The number of aryl methyl sites for hydroxylation is 2. The summed E-state index contributed by atoms with van der Waals surface area (Å²) in [6, 6.07) is 0.540. The predicted molar refractivity (Wildman–Crippen MR) is 76.2 cm³/mol. The molecule has 0 N–H and O–H groups in total. The van der Waals surface area contributed by atoms with E-state index in [4.69, 9.17) is 0 Å². The molecule has 0 spiro atoms. The molecule has 1 atom stereocenters. The largest absolute Gasteiger partial charge is 0.331 e. The second-order valence-electron chi connectivity index (χ2n) is 5.52. The SMILES string of the molecule is CCc1nccn1C1CCCN(Cc2cn(C)nn2)C1. The van der Waals surface area contributed by atoms with Crippen LogP contribution >= 0.6 is 0 Å². The summed E-state index contributed by atoms with van der Waals surface area (Å²) in [5, 5.41) is 8.19. The standard InChI is InChI=1S/C14H22N6/c1-3-14-15-6-8-20(14)13-5-4-7-19(11-13)10-12-9-18(2)17-16-12/h6,8-9,13H,3-5,7,10-11H2,1-2H3. The summed E-state index contributed by atoms with van der Waals surface area (Å²) >= 11 is 0. The molecular formula is C14H22N6. The molecule has 1 aliphatic heterocycles. The van der Waals surface area contributed by atoms with Gasteiger partial charge < -0.3 is 4.57 Å². The highest BCUT2D eigenvalue weighted by Gasteiger charge is 2.23. The smallest absolute Gasteiger partial charge is 0.108 e. The van der Waals surface area contributed by atoms with Crippen LogP contribution in [0, 0.1) is 0 Å². The van der Waals surface area contributed by atoms with Crippen molar-refractivity contribution in [3.63, 3.8) is 0 Å². The average molecular weight is 274 g/mol. The van der Waals surface area contributed by atoms with Gasteiger partial charge in [0.05, 0.1) is 5.69 Å².